The van der Waals surface area contributed by atoms with Gasteiger partial charge in [0, 0.05) is 23.2 Å². The maximum Gasteiger partial charge on any atom is 0.142 e. The number of Topliss-reactive ketones (excluding diaryl/α,β-unsaturated/α-hetero) is 2. The fourth-order valence-electron chi connectivity index (χ4n) is 1.90. The van der Waals surface area contributed by atoms with E-state index in [2.05, 4.69) is 0 Å². The summed E-state index contributed by atoms with van der Waals surface area (Å²) in [6.45, 7) is 9.35. The van der Waals surface area contributed by atoms with E-state index in [4.69, 9.17) is 0 Å². The Hall–Kier alpha value is -0.660. The van der Waals surface area contributed by atoms with Gasteiger partial charge in [0.25, 0.3) is 0 Å². The molecule has 2 heteroatoms. The third-order valence-electron chi connectivity index (χ3n) is 3.81. The van der Waals surface area contributed by atoms with Crippen LogP contribution in [0, 0.1) is 16.7 Å². The van der Waals surface area contributed by atoms with Crippen LogP contribution in [-0.4, -0.2) is 11.6 Å². The van der Waals surface area contributed by atoms with Crippen LogP contribution in [0.5, 0.6) is 0 Å². The van der Waals surface area contributed by atoms with E-state index < -0.39 is 10.8 Å². The molecule has 0 aliphatic heterocycles. The third-order valence-corrected chi connectivity index (χ3v) is 3.81. The van der Waals surface area contributed by atoms with E-state index >= 15 is 0 Å². The first-order valence-corrected chi connectivity index (χ1v) is 4.79. The summed E-state index contributed by atoms with van der Waals surface area (Å²) >= 11 is 0. The summed E-state index contributed by atoms with van der Waals surface area (Å²) in [5.41, 5.74) is -1.02. The van der Waals surface area contributed by atoms with Crippen molar-refractivity contribution in [2.45, 2.75) is 41.0 Å². The van der Waals surface area contributed by atoms with Crippen LogP contribution in [0.2, 0.25) is 0 Å². The van der Waals surface area contributed by atoms with Gasteiger partial charge < -0.3 is 0 Å². The largest absolute Gasteiger partial charge is 0.299 e. The molecular formula is C11H18O2. The van der Waals surface area contributed by atoms with E-state index in [0.29, 0.717) is 6.42 Å². The van der Waals surface area contributed by atoms with E-state index in [0.717, 1.165) is 0 Å². The second kappa shape index (κ2) is 2.66. The highest BCUT2D eigenvalue weighted by Gasteiger charge is 2.52. The zero-order valence-corrected chi connectivity index (χ0v) is 9.10. The summed E-state index contributed by atoms with van der Waals surface area (Å²) < 4.78 is 0. The van der Waals surface area contributed by atoms with Crippen LogP contribution in [0.3, 0.4) is 0 Å². The normalized spacial score (nSPS) is 31.9. The number of carbonyl (C=O) groups is 2. The van der Waals surface area contributed by atoms with Crippen molar-refractivity contribution in [3.8, 4) is 0 Å². The lowest BCUT2D eigenvalue weighted by atomic mass is 9.56. The van der Waals surface area contributed by atoms with E-state index in [1.807, 2.05) is 34.6 Å². The molecule has 0 heterocycles. The molecule has 1 aliphatic carbocycles. The van der Waals surface area contributed by atoms with Crippen LogP contribution >= 0.6 is 0 Å². The predicted octanol–water partition coefficient (Wildman–Crippen LogP) is 2.22. The summed E-state index contributed by atoms with van der Waals surface area (Å²) in [6, 6.07) is 0. The SMILES string of the molecule is CC1CC(=O)C(C)(C)C(C)(C)C1=O. The molecule has 0 amide bonds. The first kappa shape index (κ1) is 10.4. The molecule has 1 atom stereocenters. The molecule has 0 aromatic carbocycles. The standard InChI is InChI=1S/C11H18O2/c1-7-6-8(12)10(2,3)11(4,5)9(7)13/h7H,6H2,1-5H3. The lowest BCUT2D eigenvalue weighted by molar-refractivity contribution is -0.154. The van der Waals surface area contributed by atoms with Crippen molar-refractivity contribution in [2.75, 3.05) is 0 Å². The van der Waals surface area contributed by atoms with Gasteiger partial charge in [-0.3, -0.25) is 9.59 Å². The number of hydrogen-bond acceptors (Lipinski definition) is 2. The van der Waals surface area contributed by atoms with Gasteiger partial charge >= 0.3 is 0 Å². The van der Waals surface area contributed by atoms with Gasteiger partial charge in [0.05, 0.1) is 0 Å². The van der Waals surface area contributed by atoms with Crippen molar-refractivity contribution in [3.05, 3.63) is 0 Å². The van der Waals surface area contributed by atoms with Crippen LogP contribution in [0.15, 0.2) is 0 Å². The van der Waals surface area contributed by atoms with Crippen molar-refractivity contribution in [2.24, 2.45) is 16.7 Å². The summed E-state index contributed by atoms with van der Waals surface area (Å²) in [5.74, 6) is 0.331. The average Bonchev–Trinajstić information content (AvgIpc) is 2.00. The Morgan fingerprint density at radius 3 is 2.00 bits per heavy atom. The highest BCUT2D eigenvalue weighted by Crippen LogP contribution is 2.46. The molecule has 13 heavy (non-hydrogen) atoms. The minimum absolute atomic E-state index is 0.101. The Balaban J connectivity index is 3.15. The van der Waals surface area contributed by atoms with Crippen LogP contribution in [0.25, 0.3) is 0 Å². The number of hydrogen-bond donors (Lipinski definition) is 0. The van der Waals surface area contributed by atoms with Gasteiger partial charge in [-0.15, -0.1) is 0 Å². The monoisotopic (exact) mass is 182 g/mol. The molecule has 0 aromatic rings. The molecule has 1 saturated carbocycles. The topological polar surface area (TPSA) is 34.1 Å². The second-order valence-corrected chi connectivity index (χ2v) is 5.14. The molecule has 1 fully saturated rings. The minimum atomic E-state index is -0.512. The highest BCUT2D eigenvalue weighted by atomic mass is 16.1. The van der Waals surface area contributed by atoms with Gasteiger partial charge in [-0.1, -0.05) is 34.6 Å². The first-order valence-electron chi connectivity index (χ1n) is 4.79. The predicted molar refractivity (Wildman–Crippen MR) is 51.4 cm³/mol. The Bertz CT molecular complexity index is 261. The third kappa shape index (κ3) is 1.23. The molecule has 2 nitrogen and oxygen atoms in total. The summed E-state index contributed by atoms with van der Waals surface area (Å²) in [7, 11) is 0. The first-order chi connectivity index (χ1) is 5.71. The molecule has 0 N–H and O–H groups in total. The quantitative estimate of drug-likeness (QED) is 0.575. The highest BCUT2D eigenvalue weighted by molar-refractivity contribution is 6.01. The molecule has 0 bridgehead atoms. The van der Waals surface area contributed by atoms with E-state index in [1.54, 1.807) is 0 Å². The molecule has 74 valence electrons. The van der Waals surface area contributed by atoms with Gasteiger partial charge in [0.2, 0.25) is 0 Å². The Morgan fingerprint density at radius 2 is 1.54 bits per heavy atom. The fourth-order valence-corrected chi connectivity index (χ4v) is 1.90. The van der Waals surface area contributed by atoms with Crippen molar-refractivity contribution >= 4 is 11.6 Å². The summed E-state index contributed by atoms with van der Waals surface area (Å²) in [5, 5.41) is 0. The van der Waals surface area contributed by atoms with Gasteiger partial charge in [-0.25, -0.2) is 0 Å². The maximum atomic E-state index is 11.9. The molecule has 0 saturated heterocycles. The van der Waals surface area contributed by atoms with Crippen molar-refractivity contribution in [3.63, 3.8) is 0 Å². The molecule has 0 spiro atoms. The Kier molecular flexibility index (Phi) is 2.13. The van der Waals surface area contributed by atoms with Gasteiger partial charge in [0.1, 0.15) is 11.6 Å². The van der Waals surface area contributed by atoms with E-state index in [-0.39, 0.29) is 17.5 Å². The fraction of sp³-hybridized carbons (Fsp3) is 0.818. The molecule has 0 radical (unpaired) electrons. The zero-order valence-electron chi connectivity index (χ0n) is 9.10. The molecule has 1 unspecified atom stereocenters. The maximum absolute atomic E-state index is 11.9. The molecular weight excluding hydrogens is 164 g/mol. The Morgan fingerprint density at radius 1 is 1.08 bits per heavy atom. The van der Waals surface area contributed by atoms with Crippen LogP contribution < -0.4 is 0 Å². The number of carbonyl (C=O) groups excluding carboxylic acids is 2. The van der Waals surface area contributed by atoms with E-state index in [9.17, 15) is 9.59 Å². The zero-order chi connectivity index (χ0) is 10.4. The lowest BCUT2D eigenvalue weighted by Gasteiger charge is -2.44. The van der Waals surface area contributed by atoms with Gasteiger partial charge in [0.15, 0.2) is 0 Å². The van der Waals surface area contributed by atoms with E-state index in [1.165, 1.54) is 0 Å². The second-order valence-electron chi connectivity index (χ2n) is 5.14. The number of ketones is 2. The van der Waals surface area contributed by atoms with Crippen molar-refractivity contribution < 1.29 is 9.59 Å². The van der Waals surface area contributed by atoms with Crippen molar-refractivity contribution in [1.82, 2.24) is 0 Å². The van der Waals surface area contributed by atoms with Crippen LogP contribution in [0.1, 0.15) is 41.0 Å². The van der Waals surface area contributed by atoms with Crippen LogP contribution in [-0.2, 0) is 9.59 Å². The minimum Gasteiger partial charge on any atom is -0.299 e. The molecule has 0 aromatic heterocycles. The summed E-state index contributed by atoms with van der Waals surface area (Å²) in [6.07, 6.45) is 0.412. The van der Waals surface area contributed by atoms with Crippen molar-refractivity contribution in [1.29, 1.82) is 0 Å². The summed E-state index contributed by atoms with van der Waals surface area (Å²) in [4.78, 5) is 23.6. The Labute approximate surface area is 79.7 Å². The van der Waals surface area contributed by atoms with Crippen LogP contribution in [0.4, 0.5) is 0 Å². The smallest absolute Gasteiger partial charge is 0.142 e. The lowest BCUT2D eigenvalue weighted by Crippen LogP contribution is -2.52. The van der Waals surface area contributed by atoms with Gasteiger partial charge in [-0.2, -0.15) is 0 Å². The molecule has 1 rings (SSSR count). The number of rotatable bonds is 0. The average molecular weight is 182 g/mol. The van der Waals surface area contributed by atoms with Gasteiger partial charge in [-0.05, 0) is 0 Å². The molecule has 1 aliphatic rings.